The summed E-state index contributed by atoms with van der Waals surface area (Å²) in [4.78, 5) is 4.46. The maximum atomic E-state index is 10.6. The summed E-state index contributed by atoms with van der Waals surface area (Å²) in [6, 6.07) is 49.9. The van der Waals surface area contributed by atoms with E-state index in [4.69, 9.17) is 43.5 Å². The number of aromatic hydroxyl groups is 2. The molecule has 0 saturated carbocycles. The molecule has 0 radical (unpaired) electrons. The van der Waals surface area contributed by atoms with Crippen LogP contribution in [0.15, 0.2) is 158 Å². The Hall–Kier alpha value is -4.85. The molecule has 0 aromatic heterocycles. The van der Waals surface area contributed by atoms with Crippen molar-refractivity contribution in [3.8, 4) is 11.5 Å². The van der Waals surface area contributed by atoms with Gasteiger partial charge < -0.3 is 41.0 Å². The summed E-state index contributed by atoms with van der Waals surface area (Å²) in [5, 5.41) is 42.9. The van der Waals surface area contributed by atoms with E-state index in [1.54, 1.807) is 18.2 Å². The molecule has 1 aliphatic heterocycles. The average Bonchev–Trinajstić information content (AvgIpc) is 3.30. The topological polar surface area (TPSA) is 144 Å². The Bertz CT molecular complexity index is 2160. The minimum atomic E-state index is -0.508. The number of aliphatic hydroxyl groups excluding tert-OH is 2. The second-order valence-electron chi connectivity index (χ2n) is 15.2. The zero-order valence-corrected chi connectivity index (χ0v) is 38.3. The third kappa shape index (κ3) is 18.7. The summed E-state index contributed by atoms with van der Waals surface area (Å²) >= 11 is 11.8. The molecule has 6 aromatic carbocycles. The highest BCUT2D eigenvalue weighted by molar-refractivity contribution is 6.33. The second-order valence-corrected chi connectivity index (χ2v) is 16.1. The van der Waals surface area contributed by atoms with Crippen molar-refractivity contribution in [1.82, 2.24) is 9.80 Å². The Labute approximate surface area is 394 Å². The third-order valence-electron chi connectivity index (χ3n) is 10.3. The smallest absolute Gasteiger partial charge is 0.157 e. The van der Waals surface area contributed by atoms with E-state index in [-0.39, 0.29) is 42.8 Å². The summed E-state index contributed by atoms with van der Waals surface area (Å²) in [5.74, 6) is 0.270. The molecule has 13 heteroatoms. The standard InChI is InChI=1S/C23H25ClN2O2.C22H29NO3.C6H6ClNO.ClH/c24-21-15-20(28)11-12-22(21)25-23(19-9-5-2-6-10-19)17-26(13-14-27)16-18-7-3-1-4-8-18;24-21(20-11-5-2-6-12-20)18-23(17-19-9-3-1-4-10-19)14-16-26-22-13-7-8-15-25-22;7-5-3-4(9)1-2-6(5)8;/h1-12,15,23,25,27-28H,13-14,16-17H2;1-6,9-12,21-22,24H,7-8,13-18H2;1-3,9H,8H2;1H/t23-;21-,22?;;/m00../s1. The van der Waals surface area contributed by atoms with Crippen LogP contribution in [0.4, 0.5) is 11.4 Å². The van der Waals surface area contributed by atoms with E-state index in [0.29, 0.717) is 42.0 Å². The number of phenolic OH excluding ortho intramolecular Hbond substituents is 2. The Morgan fingerprint density at radius 1 is 0.672 bits per heavy atom. The van der Waals surface area contributed by atoms with Crippen LogP contribution in [-0.2, 0) is 22.6 Å². The van der Waals surface area contributed by atoms with Gasteiger partial charge in [0.05, 0.1) is 46.8 Å². The molecule has 0 spiro atoms. The predicted octanol–water partition coefficient (Wildman–Crippen LogP) is 10.5. The number of rotatable bonds is 18. The zero-order valence-electron chi connectivity index (χ0n) is 36.0. The lowest BCUT2D eigenvalue weighted by Gasteiger charge is -2.29. The molecule has 1 unspecified atom stereocenters. The van der Waals surface area contributed by atoms with Gasteiger partial charge >= 0.3 is 0 Å². The monoisotopic (exact) mass is 930 g/mol. The summed E-state index contributed by atoms with van der Waals surface area (Å²) in [5.41, 5.74) is 11.1. The van der Waals surface area contributed by atoms with Crippen LogP contribution in [0, 0.1) is 0 Å². The van der Waals surface area contributed by atoms with E-state index < -0.39 is 6.10 Å². The van der Waals surface area contributed by atoms with Crippen LogP contribution < -0.4 is 11.1 Å². The molecule has 1 heterocycles. The molecule has 342 valence electrons. The summed E-state index contributed by atoms with van der Waals surface area (Å²) in [7, 11) is 0. The van der Waals surface area contributed by atoms with E-state index in [1.807, 2.05) is 84.9 Å². The maximum Gasteiger partial charge on any atom is 0.157 e. The summed E-state index contributed by atoms with van der Waals surface area (Å²) in [6.45, 7) is 5.64. The highest BCUT2D eigenvalue weighted by Gasteiger charge is 2.19. The van der Waals surface area contributed by atoms with Gasteiger partial charge in [0.25, 0.3) is 0 Å². The van der Waals surface area contributed by atoms with Gasteiger partial charge in [-0.25, -0.2) is 0 Å². The lowest BCUT2D eigenvalue weighted by Crippen LogP contribution is -2.33. The largest absolute Gasteiger partial charge is 0.508 e. The number of aliphatic hydroxyl groups is 2. The van der Waals surface area contributed by atoms with E-state index in [2.05, 4.69) is 51.5 Å². The van der Waals surface area contributed by atoms with Gasteiger partial charge in [-0.1, -0.05) is 145 Å². The maximum absolute atomic E-state index is 10.6. The van der Waals surface area contributed by atoms with Crippen molar-refractivity contribution in [3.63, 3.8) is 0 Å². The first-order chi connectivity index (χ1) is 30.7. The van der Waals surface area contributed by atoms with Crippen LogP contribution in [0.5, 0.6) is 11.5 Å². The van der Waals surface area contributed by atoms with Crippen molar-refractivity contribution >= 4 is 47.0 Å². The molecule has 0 amide bonds. The molecule has 7 N–H and O–H groups in total. The molecule has 10 nitrogen and oxygen atoms in total. The highest BCUT2D eigenvalue weighted by atomic mass is 35.5. The van der Waals surface area contributed by atoms with Gasteiger partial charge in [0.1, 0.15) is 11.5 Å². The molecular formula is C51H61Cl3N4O6. The Kier molecular flexibility index (Phi) is 23.3. The van der Waals surface area contributed by atoms with Crippen LogP contribution in [0.2, 0.25) is 10.0 Å². The molecule has 1 aliphatic rings. The number of phenols is 2. The van der Waals surface area contributed by atoms with Crippen molar-refractivity contribution in [3.05, 3.63) is 190 Å². The van der Waals surface area contributed by atoms with Crippen LogP contribution >= 0.6 is 35.6 Å². The van der Waals surface area contributed by atoms with Gasteiger partial charge in [0.15, 0.2) is 6.29 Å². The molecule has 64 heavy (non-hydrogen) atoms. The minimum Gasteiger partial charge on any atom is -0.508 e. The van der Waals surface area contributed by atoms with Crippen LogP contribution in [0.3, 0.4) is 0 Å². The summed E-state index contributed by atoms with van der Waals surface area (Å²) < 4.78 is 11.5. The predicted molar refractivity (Wildman–Crippen MR) is 262 cm³/mol. The number of nitrogens with two attached hydrogens (primary N) is 1. The van der Waals surface area contributed by atoms with Gasteiger partial charge in [-0.2, -0.15) is 0 Å². The van der Waals surface area contributed by atoms with E-state index in [9.17, 15) is 15.3 Å². The van der Waals surface area contributed by atoms with Crippen LogP contribution in [0.1, 0.15) is 53.7 Å². The molecule has 6 aromatic rings. The number of nitrogen functional groups attached to an aromatic ring is 1. The van der Waals surface area contributed by atoms with Crippen LogP contribution in [0.25, 0.3) is 0 Å². The lowest BCUT2D eigenvalue weighted by atomic mass is 10.1. The van der Waals surface area contributed by atoms with Gasteiger partial charge in [-0.05, 0) is 65.8 Å². The molecule has 0 aliphatic carbocycles. The zero-order chi connectivity index (χ0) is 44.7. The minimum absolute atomic E-state index is 0. The van der Waals surface area contributed by atoms with Crippen molar-refractivity contribution in [1.29, 1.82) is 0 Å². The van der Waals surface area contributed by atoms with Gasteiger partial charge in [0.2, 0.25) is 0 Å². The lowest BCUT2D eigenvalue weighted by molar-refractivity contribution is -0.164. The van der Waals surface area contributed by atoms with Crippen molar-refractivity contribution < 1.29 is 29.9 Å². The van der Waals surface area contributed by atoms with E-state index in [0.717, 1.165) is 55.9 Å². The molecule has 3 atom stereocenters. The van der Waals surface area contributed by atoms with Gasteiger partial charge in [-0.3, -0.25) is 9.80 Å². The van der Waals surface area contributed by atoms with E-state index >= 15 is 0 Å². The van der Waals surface area contributed by atoms with Crippen LogP contribution in [-0.4, -0.2) is 82.5 Å². The first kappa shape index (κ1) is 51.8. The summed E-state index contributed by atoms with van der Waals surface area (Å²) in [6.07, 6.45) is 2.70. The quantitative estimate of drug-likeness (QED) is 0.0364. The highest BCUT2D eigenvalue weighted by Crippen LogP contribution is 2.30. The molecule has 1 saturated heterocycles. The number of ether oxygens (including phenoxy) is 2. The fraction of sp³-hybridized carbons (Fsp3) is 0.294. The Balaban J connectivity index is 0.000000232. The molecule has 7 rings (SSSR count). The number of nitrogens with zero attached hydrogens (tertiary/aromatic N) is 2. The number of halogens is 3. The van der Waals surface area contributed by atoms with Crippen molar-refractivity contribution in [2.45, 2.75) is 50.8 Å². The third-order valence-corrected chi connectivity index (χ3v) is 10.9. The SMILES string of the molecule is Cl.Nc1ccc(O)cc1Cl.OCCN(Cc1ccccc1)C[C@H](Nc1ccc(O)cc1Cl)c1ccccc1.O[C@@H](CN(CCOC1CCCCO1)Cc1ccccc1)c1ccccc1. The average molecular weight is 932 g/mol. The normalized spacial score (nSPS) is 14.2. The Morgan fingerprint density at radius 2 is 1.20 bits per heavy atom. The van der Waals surface area contributed by atoms with Crippen molar-refractivity contribution in [2.24, 2.45) is 0 Å². The van der Waals surface area contributed by atoms with Gasteiger partial charge in [0, 0.05) is 58.0 Å². The van der Waals surface area contributed by atoms with E-state index in [1.165, 1.54) is 35.7 Å². The number of nitrogens with one attached hydrogen (secondary N) is 1. The Morgan fingerprint density at radius 3 is 1.72 bits per heavy atom. The molecule has 1 fully saturated rings. The first-order valence-corrected chi connectivity index (χ1v) is 22.1. The molecule has 0 bridgehead atoms. The number of benzene rings is 6. The number of hydrogen-bond donors (Lipinski definition) is 6. The first-order valence-electron chi connectivity index (χ1n) is 21.3. The van der Waals surface area contributed by atoms with Gasteiger partial charge in [-0.15, -0.1) is 12.4 Å². The number of hydrogen-bond acceptors (Lipinski definition) is 10. The second kappa shape index (κ2) is 28.8. The van der Waals surface area contributed by atoms with Crippen molar-refractivity contribution in [2.75, 3.05) is 57.1 Å². The number of anilines is 2. The fourth-order valence-corrected chi connectivity index (χ4v) is 7.38. The fourth-order valence-electron chi connectivity index (χ4n) is 6.98. The molecular weight excluding hydrogens is 871 g/mol.